The molecule has 2 heterocycles. The molecule has 28 heavy (non-hydrogen) atoms. The first-order valence-electron chi connectivity index (χ1n) is 11.3. The summed E-state index contributed by atoms with van der Waals surface area (Å²) in [6.07, 6.45) is 0. The number of guanidine groups is 1. The van der Waals surface area contributed by atoms with Gasteiger partial charge in [0, 0.05) is 0 Å². The van der Waals surface area contributed by atoms with Crippen molar-refractivity contribution in [3.63, 3.8) is 0 Å². The quantitative estimate of drug-likeness (QED) is 0.283. The second-order valence-corrected chi connectivity index (χ2v) is 35.4. The van der Waals surface area contributed by atoms with Crippen molar-refractivity contribution in [1.82, 2.24) is 11.3 Å². The van der Waals surface area contributed by atoms with Crippen LogP contribution in [0.5, 0.6) is 0 Å². The number of nitrogens with zero attached hydrogens (tertiary/aromatic N) is 4. The summed E-state index contributed by atoms with van der Waals surface area (Å²) in [5.74, 6) is 1.41. The molecule has 2 aliphatic rings. The summed E-state index contributed by atoms with van der Waals surface area (Å²) in [6, 6.07) is 6.80. The van der Waals surface area contributed by atoms with Gasteiger partial charge in [-0.1, -0.05) is 0 Å². The molecule has 2 saturated heterocycles. The van der Waals surface area contributed by atoms with Gasteiger partial charge in [-0.3, -0.25) is 0 Å². The summed E-state index contributed by atoms with van der Waals surface area (Å²) >= 11 is -0.352. The van der Waals surface area contributed by atoms with Crippen LogP contribution in [0.1, 0.15) is 27.7 Å². The van der Waals surface area contributed by atoms with Crippen LogP contribution in [0.2, 0.25) is 76.6 Å². The molecule has 2 fully saturated rings. The number of rotatable bonds is 4. The normalized spacial score (nSPS) is 26.5. The van der Waals surface area contributed by atoms with Crippen LogP contribution < -0.4 is 0 Å². The van der Waals surface area contributed by atoms with Crippen LogP contribution >= 0.6 is 0 Å². The summed E-state index contributed by atoms with van der Waals surface area (Å²) in [4.78, 5) is 5.38. The molecule has 0 amide bonds. The van der Waals surface area contributed by atoms with Crippen molar-refractivity contribution in [1.29, 1.82) is 0 Å². The average molecular weight is 516 g/mol. The summed E-state index contributed by atoms with van der Waals surface area (Å²) in [5, 5.41) is 0. The molecule has 0 saturated carbocycles. The van der Waals surface area contributed by atoms with Gasteiger partial charge >= 0.3 is 187 Å². The van der Waals surface area contributed by atoms with E-state index in [4.69, 9.17) is 4.99 Å². The number of aliphatic imine (C=N–C) groups is 1. The molecule has 0 aromatic carbocycles. The van der Waals surface area contributed by atoms with E-state index in [1.807, 2.05) is 0 Å². The topological polar surface area (TPSA) is 22.1 Å². The molecule has 0 N–H and O–H groups in total. The van der Waals surface area contributed by atoms with Crippen molar-refractivity contribution in [2.24, 2.45) is 4.99 Å². The van der Waals surface area contributed by atoms with Crippen LogP contribution in [0.3, 0.4) is 0 Å². The summed E-state index contributed by atoms with van der Waals surface area (Å²) in [5.41, 5.74) is 0. The molecule has 2 radical (unpaired) electrons. The predicted octanol–water partition coefficient (Wildman–Crippen LogP) is 5.45. The van der Waals surface area contributed by atoms with Gasteiger partial charge in [-0.15, -0.1) is 0 Å². The molecule has 0 spiro atoms. The minimum absolute atomic E-state index is 0.352. The molecule has 2 aliphatic heterocycles. The molecule has 4 nitrogen and oxygen atoms in total. The van der Waals surface area contributed by atoms with E-state index in [0.717, 1.165) is 0 Å². The summed E-state index contributed by atoms with van der Waals surface area (Å²) in [7, 11) is -5.35. The van der Waals surface area contributed by atoms with Crippen LogP contribution in [0.15, 0.2) is 4.99 Å². The summed E-state index contributed by atoms with van der Waals surface area (Å²) in [6.45, 7) is 30.3. The van der Waals surface area contributed by atoms with Gasteiger partial charge < -0.3 is 0 Å². The zero-order valence-corrected chi connectivity index (χ0v) is 26.9. The van der Waals surface area contributed by atoms with Gasteiger partial charge in [0.25, 0.3) is 0 Å². The summed E-state index contributed by atoms with van der Waals surface area (Å²) < 4.78 is 8.96. The number of hydrogen-bond donors (Lipinski definition) is 0. The third-order valence-corrected chi connectivity index (χ3v) is 37.1. The fraction of sp³-hybridized carbons (Fsp3) is 0.947. The Kier molecular flexibility index (Phi) is 7.38. The molecule has 9 heteroatoms. The molecular formula is C19H46GeN4Si4. The van der Waals surface area contributed by atoms with Crippen molar-refractivity contribution in [3.05, 3.63) is 0 Å². The van der Waals surface area contributed by atoms with Crippen molar-refractivity contribution in [2.45, 2.75) is 116 Å². The van der Waals surface area contributed by atoms with E-state index in [0.29, 0.717) is 12.1 Å². The second-order valence-electron chi connectivity index (χ2n) is 12.0. The molecule has 0 aromatic rings. The van der Waals surface area contributed by atoms with Crippen molar-refractivity contribution in [3.8, 4) is 0 Å². The van der Waals surface area contributed by atoms with Gasteiger partial charge in [-0.05, 0) is 0 Å². The predicted molar refractivity (Wildman–Crippen MR) is 138 cm³/mol. The molecular weight excluding hydrogens is 469 g/mol. The standard InChI is InChI=1S/C19H46GeN4Si4/c1-17(2)21-19(23-25(5,6)13-14-26(23,7)8)22(18(3)4)20-24-27(9,10)15-16-28(24,11)12/h17-18H,13-16H2,1-12H3. The molecule has 0 atom stereocenters. The Morgan fingerprint density at radius 1 is 0.750 bits per heavy atom. The third-order valence-electron chi connectivity index (χ3n) is 6.63. The Balaban J connectivity index is 2.50. The van der Waals surface area contributed by atoms with Gasteiger partial charge in [-0.2, -0.15) is 0 Å². The molecule has 162 valence electrons. The Labute approximate surface area is 186 Å². The first-order chi connectivity index (χ1) is 12.5. The van der Waals surface area contributed by atoms with Crippen LogP contribution in [0.4, 0.5) is 0 Å². The first-order valence-corrected chi connectivity index (χ1v) is 25.7. The maximum absolute atomic E-state index is 5.38. The molecule has 0 aliphatic carbocycles. The van der Waals surface area contributed by atoms with E-state index >= 15 is 0 Å². The van der Waals surface area contributed by atoms with Gasteiger partial charge in [0.05, 0.1) is 0 Å². The monoisotopic (exact) mass is 516 g/mol. The maximum atomic E-state index is 5.38. The van der Waals surface area contributed by atoms with Crippen molar-refractivity contribution >= 4 is 54.8 Å². The number of hydrogen-bond acceptors (Lipinski definition) is 2. The zero-order chi connectivity index (χ0) is 21.7. The molecule has 0 unspecified atom stereocenters. The molecule has 2 rings (SSSR count). The fourth-order valence-corrected chi connectivity index (χ4v) is 40.0. The first kappa shape index (κ1) is 24.9. The van der Waals surface area contributed by atoms with Crippen LogP contribution in [0.25, 0.3) is 0 Å². The van der Waals surface area contributed by atoms with Crippen LogP contribution in [0, 0.1) is 0 Å². The van der Waals surface area contributed by atoms with Crippen LogP contribution in [-0.4, -0.2) is 78.1 Å². The Morgan fingerprint density at radius 2 is 1.14 bits per heavy atom. The van der Waals surface area contributed by atoms with E-state index in [9.17, 15) is 0 Å². The van der Waals surface area contributed by atoms with Crippen LogP contribution in [-0.2, 0) is 0 Å². The molecule has 0 aromatic heterocycles. The minimum atomic E-state index is -1.42. The average Bonchev–Trinajstić information content (AvgIpc) is 2.84. The van der Waals surface area contributed by atoms with E-state index in [-0.39, 0.29) is 15.9 Å². The van der Waals surface area contributed by atoms with E-state index in [1.165, 1.54) is 30.1 Å². The molecule has 0 bridgehead atoms. The third kappa shape index (κ3) is 5.09. The Morgan fingerprint density at radius 3 is 1.50 bits per heavy atom. The zero-order valence-electron chi connectivity index (χ0n) is 20.8. The Bertz CT molecular complexity index is 573. The van der Waals surface area contributed by atoms with Gasteiger partial charge in [-0.25, -0.2) is 0 Å². The Hall–Kier alpha value is 0.640. The van der Waals surface area contributed by atoms with Crippen molar-refractivity contribution < 1.29 is 0 Å². The van der Waals surface area contributed by atoms with Crippen molar-refractivity contribution in [2.75, 3.05) is 0 Å². The van der Waals surface area contributed by atoms with Gasteiger partial charge in [0.2, 0.25) is 0 Å². The fourth-order valence-electron chi connectivity index (χ4n) is 5.08. The van der Waals surface area contributed by atoms with Gasteiger partial charge in [0.1, 0.15) is 0 Å². The second kappa shape index (κ2) is 8.29. The SMILES string of the molecule is CC(C)N=C([N]([Ge][N]1[Si](C)(C)CC[Si]1(C)C)C(C)C)N1[Si](C)(C)CC[Si]1(C)C. The van der Waals surface area contributed by atoms with E-state index < -0.39 is 32.9 Å². The van der Waals surface area contributed by atoms with E-state index in [1.54, 1.807) is 0 Å². The van der Waals surface area contributed by atoms with Gasteiger partial charge in [0.15, 0.2) is 0 Å². The van der Waals surface area contributed by atoms with E-state index in [2.05, 4.69) is 91.3 Å².